The van der Waals surface area contributed by atoms with Crippen molar-refractivity contribution in [1.29, 1.82) is 0 Å². The summed E-state index contributed by atoms with van der Waals surface area (Å²) in [6, 6.07) is 20.8. The summed E-state index contributed by atoms with van der Waals surface area (Å²) in [7, 11) is 0. The van der Waals surface area contributed by atoms with Gasteiger partial charge in [0.05, 0.1) is 18.0 Å². The Bertz CT molecular complexity index is 1160. The van der Waals surface area contributed by atoms with Crippen LogP contribution >= 0.6 is 11.8 Å². The van der Waals surface area contributed by atoms with Crippen molar-refractivity contribution in [1.82, 2.24) is 4.90 Å². The summed E-state index contributed by atoms with van der Waals surface area (Å²) in [4.78, 5) is 14.9. The molecule has 0 aromatic heterocycles. The van der Waals surface area contributed by atoms with E-state index in [1.807, 2.05) is 18.2 Å². The van der Waals surface area contributed by atoms with E-state index in [1.165, 1.54) is 28.1 Å². The van der Waals surface area contributed by atoms with Gasteiger partial charge < -0.3 is 0 Å². The first-order valence-electron chi connectivity index (χ1n) is 10.7. The van der Waals surface area contributed by atoms with Gasteiger partial charge in [0.1, 0.15) is 0 Å². The number of amidine groups is 1. The highest BCUT2D eigenvalue weighted by Crippen LogP contribution is 2.32. The van der Waals surface area contributed by atoms with Crippen LogP contribution in [-0.2, 0) is 11.3 Å². The van der Waals surface area contributed by atoms with Gasteiger partial charge in [0, 0.05) is 0 Å². The van der Waals surface area contributed by atoms with E-state index >= 15 is 0 Å². The molecule has 3 aromatic carbocycles. The molecule has 1 saturated heterocycles. The third kappa shape index (κ3) is 4.72. The summed E-state index contributed by atoms with van der Waals surface area (Å²) in [5, 5.41) is 11.8. The molecule has 158 valence electrons. The number of hydrogen-bond donors (Lipinski definition) is 0. The van der Waals surface area contributed by atoms with E-state index in [2.05, 4.69) is 73.4 Å². The summed E-state index contributed by atoms with van der Waals surface area (Å²) in [6.45, 7) is 6.76. The number of carbonyl (C=O) groups excluding carboxylic acids is 1. The van der Waals surface area contributed by atoms with Crippen LogP contribution in [0.15, 0.2) is 70.9 Å². The molecule has 1 atom stereocenters. The second kappa shape index (κ2) is 9.48. The zero-order chi connectivity index (χ0) is 21.8. The van der Waals surface area contributed by atoms with Crippen molar-refractivity contribution in [3.63, 3.8) is 0 Å². The Kier molecular flexibility index (Phi) is 6.52. The van der Waals surface area contributed by atoms with Crippen LogP contribution < -0.4 is 0 Å². The Hall–Kier alpha value is -2.92. The molecule has 4 nitrogen and oxygen atoms in total. The van der Waals surface area contributed by atoms with E-state index < -0.39 is 0 Å². The molecule has 0 bridgehead atoms. The van der Waals surface area contributed by atoms with Crippen molar-refractivity contribution in [3.05, 3.63) is 82.9 Å². The molecule has 0 spiro atoms. The third-order valence-electron chi connectivity index (χ3n) is 5.54. The summed E-state index contributed by atoms with van der Waals surface area (Å²) in [5.41, 5.74) is 4.54. The number of rotatable bonds is 6. The number of aryl methyl sites for hydroxylation is 2. The lowest BCUT2D eigenvalue weighted by Gasteiger charge is -2.17. The van der Waals surface area contributed by atoms with Crippen molar-refractivity contribution in [2.75, 3.05) is 0 Å². The molecule has 1 aliphatic heterocycles. The topological polar surface area (TPSA) is 45.0 Å². The second-order valence-electron chi connectivity index (χ2n) is 7.95. The van der Waals surface area contributed by atoms with E-state index in [0.29, 0.717) is 11.7 Å². The van der Waals surface area contributed by atoms with Gasteiger partial charge in [0.2, 0.25) is 5.91 Å². The maximum atomic E-state index is 13.1. The monoisotopic (exact) mass is 429 g/mol. The average molecular weight is 430 g/mol. The Morgan fingerprint density at radius 1 is 1.06 bits per heavy atom. The van der Waals surface area contributed by atoms with Crippen LogP contribution in [0.3, 0.4) is 0 Å². The molecular weight excluding hydrogens is 402 g/mol. The lowest BCUT2D eigenvalue weighted by atomic mass is 10.0. The lowest BCUT2D eigenvalue weighted by Crippen LogP contribution is -2.31. The van der Waals surface area contributed by atoms with Crippen molar-refractivity contribution < 1.29 is 4.79 Å². The van der Waals surface area contributed by atoms with E-state index in [4.69, 9.17) is 0 Å². The highest BCUT2D eigenvalue weighted by molar-refractivity contribution is 8.15. The summed E-state index contributed by atoms with van der Waals surface area (Å²) in [6.07, 6.45) is 3.58. The van der Waals surface area contributed by atoms with Crippen LogP contribution in [0, 0.1) is 13.8 Å². The molecule has 0 saturated carbocycles. The number of carbonyl (C=O) groups is 1. The molecule has 1 heterocycles. The fourth-order valence-electron chi connectivity index (χ4n) is 3.89. The predicted octanol–water partition coefficient (Wildman–Crippen LogP) is 6.09. The van der Waals surface area contributed by atoms with Gasteiger partial charge in [0.25, 0.3) is 0 Å². The minimum atomic E-state index is -0.0879. The fourth-order valence-corrected chi connectivity index (χ4v) is 5.10. The fraction of sp³-hybridized carbons (Fsp3) is 0.269. The first-order chi connectivity index (χ1) is 15.1. The van der Waals surface area contributed by atoms with Crippen molar-refractivity contribution in [2.24, 2.45) is 10.2 Å². The number of amides is 1. The van der Waals surface area contributed by atoms with Gasteiger partial charge in [-0.15, -0.1) is 5.10 Å². The van der Waals surface area contributed by atoms with Crippen LogP contribution in [0.1, 0.15) is 42.0 Å². The molecular formula is C26H27N3OS. The standard InChI is InChI=1S/C26H27N3OS/c1-4-8-24-25(30)29(17-22-11-7-10-20-9-5-6-12-23(20)22)26(31-24)28-27-16-21-14-13-18(2)15-19(21)3/h5-7,9-16,24H,4,8,17H2,1-3H3/b27-16-,28-26+/t24-/m1/s1. The normalized spacial score (nSPS) is 18.0. The average Bonchev–Trinajstić information content (AvgIpc) is 3.05. The van der Waals surface area contributed by atoms with Crippen molar-refractivity contribution in [3.8, 4) is 0 Å². The first kappa shape index (κ1) is 21.3. The molecule has 1 aliphatic rings. The number of fused-ring (bicyclic) bond motifs is 1. The van der Waals surface area contributed by atoms with Crippen molar-refractivity contribution >= 4 is 39.8 Å². The number of hydrogen-bond acceptors (Lipinski definition) is 4. The van der Waals surface area contributed by atoms with Gasteiger partial charge in [-0.2, -0.15) is 5.10 Å². The minimum absolute atomic E-state index is 0.0879. The Morgan fingerprint density at radius 3 is 2.68 bits per heavy atom. The summed E-state index contributed by atoms with van der Waals surface area (Å²) in [5.74, 6) is 0.125. The van der Waals surface area contributed by atoms with Gasteiger partial charge in [-0.1, -0.05) is 91.3 Å². The molecule has 1 fully saturated rings. The molecule has 4 rings (SSSR count). The maximum Gasteiger partial charge on any atom is 0.242 e. The molecule has 1 amide bonds. The maximum absolute atomic E-state index is 13.1. The second-order valence-corrected chi connectivity index (χ2v) is 9.11. The van der Waals surface area contributed by atoms with Crippen LogP contribution in [-0.4, -0.2) is 27.4 Å². The SMILES string of the molecule is CCC[C@H]1S/C(=N/N=C\c2ccc(C)cc2C)N(Cc2cccc3ccccc23)C1=O. The smallest absolute Gasteiger partial charge is 0.242 e. The van der Waals surface area contributed by atoms with Gasteiger partial charge >= 0.3 is 0 Å². The molecule has 0 N–H and O–H groups in total. The number of nitrogens with zero attached hydrogens (tertiary/aromatic N) is 3. The number of thioether (sulfide) groups is 1. The van der Waals surface area contributed by atoms with Gasteiger partial charge in [-0.05, 0) is 47.7 Å². The largest absolute Gasteiger partial charge is 0.284 e. The molecule has 3 aromatic rings. The lowest BCUT2D eigenvalue weighted by molar-refractivity contribution is -0.126. The highest BCUT2D eigenvalue weighted by Gasteiger charge is 2.37. The number of benzene rings is 3. The van der Waals surface area contributed by atoms with Crippen LogP contribution in [0.2, 0.25) is 0 Å². The highest BCUT2D eigenvalue weighted by atomic mass is 32.2. The van der Waals surface area contributed by atoms with Gasteiger partial charge in [0.15, 0.2) is 5.17 Å². The molecule has 31 heavy (non-hydrogen) atoms. The molecule has 0 aliphatic carbocycles. The first-order valence-corrected chi connectivity index (χ1v) is 11.6. The summed E-state index contributed by atoms with van der Waals surface area (Å²) >= 11 is 1.53. The summed E-state index contributed by atoms with van der Waals surface area (Å²) < 4.78 is 0. The van der Waals surface area contributed by atoms with Gasteiger partial charge in [-0.25, -0.2) is 0 Å². The zero-order valence-corrected chi connectivity index (χ0v) is 19.0. The minimum Gasteiger partial charge on any atom is -0.284 e. The van der Waals surface area contributed by atoms with Crippen LogP contribution in [0.5, 0.6) is 0 Å². The van der Waals surface area contributed by atoms with E-state index in [9.17, 15) is 4.79 Å². The van der Waals surface area contributed by atoms with E-state index in [-0.39, 0.29) is 11.2 Å². The van der Waals surface area contributed by atoms with Gasteiger partial charge in [-0.3, -0.25) is 9.69 Å². The van der Waals surface area contributed by atoms with E-state index in [1.54, 1.807) is 11.1 Å². The third-order valence-corrected chi connectivity index (χ3v) is 6.78. The Labute approximate surface area is 188 Å². The van der Waals surface area contributed by atoms with Crippen LogP contribution in [0.25, 0.3) is 10.8 Å². The molecule has 0 radical (unpaired) electrons. The molecule has 5 heteroatoms. The Morgan fingerprint density at radius 2 is 1.87 bits per heavy atom. The Balaban J connectivity index is 1.63. The van der Waals surface area contributed by atoms with E-state index in [0.717, 1.165) is 29.5 Å². The predicted molar refractivity (Wildman–Crippen MR) is 132 cm³/mol. The zero-order valence-electron chi connectivity index (χ0n) is 18.2. The quantitative estimate of drug-likeness (QED) is 0.351. The van der Waals surface area contributed by atoms with Crippen molar-refractivity contribution in [2.45, 2.75) is 45.4 Å². The molecule has 0 unspecified atom stereocenters. The van der Waals surface area contributed by atoms with Crippen LogP contribution in [0.4, 0.5) is 0 Å².